The fourth-order valence-corrected chi connectivity index (χ4v) is 2.47. The molecule has 1 aromatic heterocycles. The summed E-state index contributed by atoms with van der Waals surface area (Å²) in [6.45, 7) is 0. The Bertz CT molecular complexity index is 1040. The number of carbonyl (C=O) groups excluding carboxylic acids is 1. The van der Waals surface area contributed by atoms with Crippen molar-refractivity contribution < 1.29 is 13.9 Å². The highest BCUT2D eigenvalue weighted by Crippen LogP contribution is 2.19. The molecule has 0 spiro atoms. The SMILES string of the molecule is COc1ccc(-n2ccnc(NC(=O)Nc3ccc(F)c(Cl)c3)c2=O)cc1. The number of hydrogen-bond donors (Lipinski definition) is 2. The minimum Gasteiger partial charge on any atom is -0.497 e. The molecule has 0 aliphatic carbocycles. The van der Waals surface area contributed by atoms with Crippen molar-refractivity contribution in [1.82, 2.24) is 9.55 Å². The first-order valence-corrected chi connectivity index (χ1v) is 8.11. The van der Waals surface area contributed by atoms with Crippen molar-refractivity contribution in [3.63, 3.8) is 0 Å². The highest BCUT2D eigenvalue weighted by atomic mass is 35.5. The third-order valence-electron chi connectivity index (χ3n) is 3.60. The molecule has 0 bridgehead atoms. The second-order valence-electron chi connectivity index (χ2n) is 5.36. The number of hydrogen-bond acceptors (Lipinski definition) is 4. The van der Waals surface area contributed by atoms with E-state index in [1.54, 1.807) is 31.4 Å². The van der Waals surface area contributed by atoms with Gasteiger partial charge >= 0.3 is 6.03 Å². The van der Waals surface area contributed by atoms with Gasteiger partial charge in [0.15, 0.2) is 0 Å². The zero-order chi connectivity index (χ0) is 19.4. The van der Waals surface area contributed by atoms with Crippen molar-refractivity contribution in [2.45, 2.75) is 0 Å². The number of amides is 2. The Labute approximate surface area is 158 Å². The summed E-state index contributed by atoms with van der Waals surface area (Å²) < 4.78 is 19.6. The van der Waals surface area contributed by atoms with Crippen molar-refractivity contribution in [3.05, 3.63) is 76.1 Å². The van der Waals surface area contributed by atoms with Crippen LogP contribution in [0, 0.1) is 5.82 Å². The van der Waals surface area contributed by atoms with Gasteiger partial charge in [0.1, 0.15) is 11.6 Å². The number of methoxy groups -OCH3 is 1. The van der Waals surface area contributed by atoms with E-state index in [0.29, 0.717) is 11.4 Å². The molecule has 2 amide bonds. The first kappa shape index (κ1) is 18.4. The van der Waals surface area contributed by atoms with E-state index < -0.39 is 17.4 Å². The number of aromatic nitrogens is 2. The van der Waals surface area contributed by atoms with Gasteiger partial charge in [-0.1, -0.05) is 11.6 Å². The van der Waals surface area contributed by atoms with Crippen LogP contribution in [0.3, 0.4) is 0 Å². The molecule has 9 heteroatoms. The van der Waals surface area contributed by atoms with E-state index in [9.17, 15) is 14.0 Å². The molecule has 1 heterocycles. The van der Waals surface area contributed by atoms with Crippen LogP contribution >= 0.6 is 11.6 Å². The first-order valence-electron chi connectivity index (χ1n) is 7.73. The Balaban J connectivity index is 1.79. The number of rotatable bonds is 4. The van der Waals surface area contributed by atoms with Crippen molar-refractivity contribution in [1.29, 1.82) is 0 Å². The van der Waals surface area contributed by atoms with Gasteiger partial charge in [-0.25, -0.2) is 14.2 Å². The summed E-state index contributed by atoms with van der Waals surface area (Å²) in [6.07, 6.45) is 2.86. The lowest BCUT2D eigenvalue weighted by atomic mass is 10.3. The molecular formula is C18H14ClFN4O3. The lowest BCUT2D eigenvalue weighted by Crippen LogP contribution is -2.28. The molecule has 0 saturated heterocycles. The Morgan fingerprint density at radius 3 is 2.59 bits per heavy atom. The van der Waals surface area contributed by atoms with Crippen molar-refractivity contribution in [3.8, 4) is 11.4 Å². The highest BCUT2D eigenvalue weighted by molar-refractivity contribution is 6.31. The Morgan fingerprint density at radius 2 is 1.93 bits per heavy atom. The highest BCUT2D eigenvalue weighted by Gasteiger charge is 2.11. The summed E-state index contributed by atoms with van der Waals surface area (Å²) in [6, 6.07) is 9.82. The van der Waals surface area contributed by atoms with Crippen LogP contribution < -0.4 is 20.9 Å². The van der Waals surface area contributed by atoms with E-state index in [2.05, 4.69) is 15.6 Å². The van der Waals surface area contributed by atoms with Crippen LogP contribution in [0.15, 0.2) is 59.7 Å². The van der Waals surface area contributed by atoms with Gasteiger partial charge in [0.25, 0.3) is 5.56 Å². The molecule has 2 N–H and O–H groups in total. The zero-order valence-electron chi connectivity index (χ0n) is 14.1. The van der Waals surface area contributed by atoms with Crippen LogP contribution in [0.25, 0.3) is 5.69 Å². The standard InChI is InChI=1S/C18H14ClFN4O3/c1-27-13-5-3-12(4-6-13)24-9-8-21-16(17(24)25)23-18(26)22-11-2-7-15(20)14(19)10-11/h2-10H,1H3,(H2,21,22,23,26). The second-order valence-corrected chi connectivity index (χ2v) is 5.76. The molecule has 0 saturated carbocycles. The first-order chi connectivity index (χ1) is 13.0. The lowest BCUT2D eigenvalue weighted by Gasteiger charge is -2.10. The molecule has 0 fully saturated rings. The van der Waals surface area contributed by atoms with Crippen molar-refractivity contribution in [2.24, 2.45) is 0 Å². The van der Waals surface area contributed by atoms with Crippen LogP contribution in [0.1, 0.15) is 0 Å². The van der Waals surface area contributed by atoms with Crippen LogP contribution in [0.4, 0.5) is 20.7 Å². The number of ether oxygens (including phenoxy) is 1. The van der Waals surface area contributed by atoms with Crippen molar-refractivity contribution >= 4 is 29.1 Å². The van der Waals surface area contributed by atoms with Crippen LogP contribution in [-0.4, -0.2) is 22.7 Å². The fraction of sp³-hybridized carbons (Fsp3) is 0.0556. The molecule has 0 atom stereocenters. The molecule has 3 aromatic rings. The number of nitrogens with zero attached hydrogens (tertiary/aromatic N) is 2. The molecule has 138 valence electrons. The van der Waals surface area contributed by atoms with Crippen LogP contribution in [0.2, 0.25) is 5.02 Å². The van der Waals surface area contributed by atoms with Gasteiger partial charge < -0.3 is 10.1 Å². The number of carbonyl (C=O) groups is 1. The fourth-order valence-electron chi connectivity index (χ4n) is 2.29. The van der Waals surface area contributed by atoms with Gasteiger partial charge in [-0.2, -0.15) is 0 Å². The third-order valence-corrected chi connectivity index (χ3v) is 3.89. The van der Waals surface area contributed by atoms with Crippen LogP contribution in [0.5, 0.6) is 5.75 Å². The monoisotopic (exact) mass is 388 g/mol. The van der Waals surface area contributed by atoms with Gasteiger partial charge in [0, 0.05) is 23.8 Å². The van der Waals surface area contributed by atoms with Crippen LogP contribution in [-0.2, 0) is 0 Å². The van der Waals surface area contributed by atoms with E-state index in [1.165, 1.54) is 29.1 Å². The summed E-state index contributed by atoms with van der Waals surface area (Å²) >= 11 is 5.67. The number of anilines is 2. The maximum absolute atomic E-state index is 13.2. The van der Waals surface area contributed by atoms with E-state index >= 15 is 0 Å². The summed E-state index contributed by atoms with van der Waals surface area (Å²) in [5.41, 5.74) is 0.331. The topological polar surface area (TPSA) is 85.2 Å². The normalized spacial score (nSPS) is 10.3. The molecule has 2 aromatic carbocycles. The summed E-state index contributed by atoms with van der Waals surface area (Å²) in [5.74, 6) is -0.120. The van der Waals surface area contributed by atoms with E-state index in [4.69, 9.17) is 16.3 Å². The quantitative estimate of drug-likeness (QED) is 0.714. The van der Waals surface area contributed by atoms with E-state index in [1.807, 2.05) is 0 Å². The van der Waals surface area contributed by atoms with E-state index in [-0.39, 0.29) is 16.5 Å². The number of nitrogens with one attached hydrogen (secondary N) is 2. The number of halogens is 2. The maximum Gasteiger partial charge on any atom is 0.325 e. The molecule has 3 rings (SSSR count). The Hall–Kier alpha value is -3.39. The van der Waals surface area contributed by atoms with Gasteiger partial charge in [0.2, 0.25) is 5.82 Å². The predicted molar refractivity (Wildman–Crippen MR) is 100 cm³/mol. The molecule has 0 unspecified atom stereocenters. The average molecular weight is 389 g/mol. The van der Waals surface area contributed by atoms with Gasteiger partial charge in [0.05, 0.1) is 12.1 Å². The third kappa shape index (κ3) is 4.24. The summed E-state index contributed by atoms with van der Waals surface area (Å²) in [4.78, 5) is 28.6. The number of urea groups is 1. The Morgan fingerprint density at radius 1 is 1.19 bits per heavy atom. The smallest absolute Gasteiger partial charge is 0.325 e. The minimum atomic E-state index is -0.713. The van der Waals surface area contributed by atoms with Gasteiger partial charge in [-0.3, -0.25) is 14.7 Å². The minimum absolute atomic E-state index is 0.132. The lowest BCUT2D eigenvalue weighted by molar-refractivity contribution is 0.262. The predicted octanol–water partition coefficient (Wildman–Crippen LogP) is 3.68. The maximum atomic E-state index is 13.2. The molecule has 0 aliphatic heterocycles. The average Bonchev–Trinajstić information content (AvgIpc) is 2.66. The molecule has 27 heavy (non-hydrogen) atoms. The second kappa shape index (κ2) is 7.88. The molecule has 7 nitrogen and oxygen atoms in total. The Kier molecular flexibility index (Phi) is 5.37. The molecule has 0 radical (unpaired) electrons. The van der Waals surface area contributed by atoms with Gasteiger partial charge in [-0.05, 0) is 42.5 Å². The van der Waals surface area contributed by atoms with Crippen molar-refractivity contribution in [2.75, 3.05) is 17.7 Å². The summed E-state index contributed by atoms with van der Waals surface area (Å²) in [7, 11) is 1.54. The van der Waals surface area contributed by atoms with Gasteiger partial charge in [-0.15, -0.1) is 0 Å². The van der Waals surface area contributed by atoms with E-state index in [0.717, 1.165) is 6.07 Å². The zero-order valence-corrected chi connectivity index (χ0v) is 14.8. The largest absolute Gasteiger partial charge is 0.497 e. The molecular weight excluding hydrogens is 375 g/mol. The molecule has 0 aliphatic rings. The number of benzene rings is 2. The summed E-state index contributed by atoms with van der Waals surface area (Å²) in [5, 5.41) is 4.69.